The van der Waals surface area contributed by atoms with Crippen LogP contribution >= 0.6 is 0 Å². The van der Waals surface area contributed by atoms with Gasteiger partial charge in [0.05, 0.1) is 6.54 Å². The number of ketones is 1. The lowest BCUT2D eigenvalue weighted by Crippen LogP contribution is -2.19. The summed E-state index contributed by atoms with van der Waals surface area (Å²) in [5, 5.41) is 4.81. The number of carbonyl (C=O) groups excluding carboxylic acids is 1. The highest BCUT2D eigenvalue weighted by Crippen LogP contribution is 2.16. The smallest absolute Gasteiger partial charge is 0.195 e. The Labute approximate surface area is 88.1 Å². The van der Waals surface area contributed by atoms with Crippen molar-refractivity contribution >= 4 is 16.6 Å². The number of fused-ring (bicyclic) bond motifs is 1. The molecule has 0 aliphatic heterocycles. The van der Waals surface area contributed by atoms with E-state index in [9.17, 15) is 4.79 Å². The van der Waals surface area contributed by atoms with Crippen molar-refractivity contribution in [3.63, 3.8) is 0 Å². The first-order chi connectivity index (χ1) is 7.33. The number of rotatable bonds is 3. The second kappa shape index (κ2) is 4.19. The van der Waals surface area contributed by atoms with Crippen molar-refractivity contribution in [2.75, 3.05) is 13.6 Å². The molecule has 1 N–H and O–H groups in total. The van der Waals surface area contributed by atoms with Gasteiger partial charge in [0, 0.05) is 11.6 Å². The lowest BCUT2D eigenvalue weighted by molar-refractivity contribution is 0.0990. The van der Waals surface area contributed by atoms with Crippen molar-refractivity contribution in [1.29, 1.82) is 0 Å². The molecule has 2 rings (SSSR count). The molecule has 3 heteroatoms. The Morgan fingerprint density at radius 1 is 1.33 bits per heavy atom. The fourth-order valence-electron chi connectivity index (χ4n) is 1.59. The average molecular weight is 200 g/mol. The monoisotopic (exact) mass is 200 g/mol. The molecule has 0 aliphatic rings. The van der Waals surface area contributed by atoms with Crippen LogP contribution in [0.5, 0.6) is 0 Å². The van der Waals surface area contributed by atoms with E-state index in [1.165, 1.54) is 0 Å². The summed E-state index contributed by atoms with van der Waals surface area (Å²) in [7, 11) is 1.75. The highest BCUT2D eigenvalue weighted by atomic mass is 16.1. The number of aromatic nitrogens is 1. The summed E-state index contributed by atoms with van der Waals surface area (Å²) in [6, 6.07) is 9.68. The maximum atomic E-state index is 11.7. The zero-order chi connectivity index (χ0) is 10.7. The summed E-state index contributed by atoms with van der Waals surface area (Å²) >= 11 is 0. The minimum absolute atomic E-state index is 0.0225. The minimum atomic E-state index is 0.0225. The van der Waals surface area contributed by atoms with Crippen LogP contribution in [0.3, 0.4) is 0 Å². The molecule has 0 saturated carbocycles. The number of Topliss-reactive ketones (excluding diaryl/α,β-unsaturated/α-hetero) is 1. The first-order valence-electron chi connectivity index (χ1n) is 4.84. The van der Waals surface area contributed by atoms with Gasteiger partial charge in [-0.3, -0.25) is 9.78 Å². The number of benzene rings is 1. The van der Waals surface area contributed by atoms with Gasteiger partial charge in [0.15, 0.2) is 5.78 Å². The number of hydrogen-bond donors (Lipinski definition) is 1. The van der Waals surface area contributed by atoms with Gasteiger partial charge in [-0.1, -0.05) is 24.3 Å². The minimum Gasteiger partial charge on any atom is -0.313 e. The molecule has 0 spiro atoms. The third-order valence-corrected chi connectivity index (χ3v) is 2.28. The van der Waals surface area contributed by atoms with Crippen molar-refractivity contribution in [3.05, 3.63) is 42.2 Å². The molecular weight excluding hydrogens is 188 g/mol. The van der Waals surface area contributed by atoms with E-state index >= 15 is 0 Å². The largest absolute Gasteiger partial charge is 0.313 e. The number of hydrogen-bond acceptors (Lipinski definition) is 3. The van der Waals surface area contributed by atoms with E-state index in [2.05, 4.69) is 10.3 Å². The lowest BCUT2D eigenvalue weighted by atomic mass is 10.1. The molecule has 0 amide bonds. The van der Waals surface area contributed by atoms with Crippen LogP contribution in [0.15, 0.2) is 36.5 Å². The zero-order valence-corrected chi connectivity index (χ0v) is 8.53. The van der Waals surface area contributed by atoms with Crippen molar-refractivity contribution in [1.82, 2.24) is 10.3 Å². The number of nitrogens with zero attached hydrogens (tertiary/aromatic N) is 1. The van der Waals surface area contributed by atoms with E-state index in [4.69, 9.17) is 0 Å². The average Bonchev–Trinajstić information content (AvgIpc) is 2.28. The fourth-order valence-corrected chi connectivity index (χ4v) is 1.59. The van der Waals surface area contributed by atoms with E-state index < -0.39 is 0 Å². The summed E-state index contributed by atoms with van der Waals surface area (Å²) in [4.78, 5) is 15.9. The van der Waals surface area contributed by atoms with Crippen LogP contribution in [-0.4, -0.2) is 24.4 Å². The quantitative estimate of drug-likeness (QED) is 0.766. The Morgan fingerprint density at radius 2 is 2.13 bits per heavy atom. The Hall–Kier alpha value is -1.74. The lowest BCUT2D eigenvalue weighted by Gasteiger charge is -2.03. The van der Waals surface area contributed by atoms with E-state index in [-0.39, 0.29) is 5.78 Å². The van der Waals surface area contributed by atoms with Gasteiger partial charge in [0.25, 0.3) is 0 Å². The van der Waals surface area contributed by atoms with Crippen LogP contribution < -0.4 is 5.32 Å². The molecule has 0 saturated heterocycles. The van der Waals surface area contributed by atoms with Crippen molar-refractivity contribution in [2.24, 2.45) is 0 Å². The van der Waals surface area contributed by atoms with Gasteiger partial charge in [-0.2, -0.15) is 0 Å². The van der Waals surface area contributed by atoms with Crippen molar-refractivity contribution < 1.29 is 4.79 Å². The van der Waals surface area contributed by atoms with Crippen LogP contribution in [0, 0.1) is 0 Å². The second-order valence-electron chi connectivity index (χ2n) is 3.33. The third-order valence-electron chi connectivity index (χ3n) is 2.28. The highest BCUT2D eigenvalue weighted by Gasteiger charge is 2.09. The van der Waals surface area contributed by atoms with Crippen molar-refractivity contribution in [3.8, 4) is 0 Å². The van der Waals surface area contributed by atoms with Gasteiger partial charge >= 0.3 is 0 Å². The van der Waals surface area contributed by atoms with Gasteiger partial charge in [0.2, 0.25) is 0 Å². The molecule has 0 fully saturated rings. The summed E-state index contributed by atoms with van der Waals surface area (Å²) < 4.78 is 0. The predicted octanol–water partition coefficient (Wildman–Crippen LogP) is 1.64. The summed E-state index contributed by atoms with van der Waals surface area (Å²) in [5.41, 5.74) is 0.544. The van der Waals surface area contributed by atoms with Crippen LogP contribution in [0.4, 0.5) is 0 Å². The molecule has 0 aliphatic carbocycles. The molecule has 0 bridgehead atoms. The maximum Gasteiger partial charge on any atom is 0.195 e. The SMILES string of the molecule is CNCC(=O)c1nccc2ccccc12. The predicted molar refractivity (Wildman–Crippen MR) is 60.0 cm³/mol. The summed E-state index contributed by atoms with van der Waals surface area (Å²) in [6.07, 6.45) is 1.67. The Bertz CT molecular complexity index is 488. The normalized spacial score (nSPS) is 10.5. The summed E-state index contributed by atoms with van der Waals surface area (Å²) in [6.45, 7) is 0.320. The number of pyridine rings is 1. The van der Waals surface area contributed by atoms with Gasteiger partial charge in [-0.15, -0.1) is 0 Å². The van der Waals surface area contributed by atoms with Crippen LogP contribution in [0.2, 0.25) is 0 Å². The van der Waals surface area contributed by atoms with E-state index in [1.807, 2.05) is 30.3 Å². The molecule has 1 aromatic heterocycles. The summed E-state index contributed by atoms with van der Waals surface area (Å²) in [5.74, 6) is 0.0225. The number of nitrogens with one attached hydrogen (secondary N) is 1. The van der Waals surface area contributed by atoms with E-state index in [0.29, 0.717) is 12.2 Å². The molecule has 15 heavy (non-hydrogen) atoms. The molecule has 3 nitrogen and oxygen atoms in total. The topological polar surface area (TPSA) is 42.0 Å². The third kappa shape index (κ3) is 1.87. The Balaban J connectivity index is 2.56. The molecular formula is C12H12N2O. The van der Waals surface area contributed by atoms with E-state index in [1.54, 1.807) is 13.2 Å². The molecule has 1 heterocycles. The maximum absolute atomic E-state index is 11.7. The van der Waals surface area contributed by atoms with Gasteiger partial charge in [-0.25, -0.2) is 0 Å². The van der Waals surface area contributed by atoms with Crippen LogP contribution in [-0.2, 0) is 0 Å². The molecule has 0 radical (unpaired) electrons. The first kappa shape index (κ1) is 9.80. The molecule has 0 atom stereocenters. The zero-order valence-electron chi connectivity index (χ0n) is 8.53. The van der Waals surface area contributed by atoms with E-state index in [0.717, 1.165) is 10.8 Å². The fraction of sp³-hybridized carbons (Fsp3) is 0.167. The Morgan fingerprint density at radius 3 is 2.93 bits per heavy atom. The van der Waals surface area contributed by atoms with Crippen molar-refractivity contribution in [2.45, 2.75) is 0 Å². The molecule has 1 aromatic carbocycles. The highest BCUT2D eigenvalue weighted by molar-refractivity contribution is 6.07. The number of carbonyl (C=O) groups is 1. The van der Waals surface area contributed by atoms with Gasteiger partial charge in [0.1, 0.15) is 5.69 Å². The number of likely N-dealkylation sites (N-methyl/N-ethyl adjacent to an activating group) is 1. The second-order valence-corrected chi connectivity index (χ2v) is 3.33. The molecule has 76 valence electrons. The van der Waals surface area contributed by atoms with Crippen LogP contribution in [0.25, 0.3) is 10.8 Å². The Kier molecular flexibility index (Phi) is 2.74. The standard InChI is InChI=1S/C12H12N2O/c1-13-8-11(15)12-10-5-3-2-4-9(10)6-7-14-12/h2-7,13H,8H2,1H3. The van der Waals surface area contributed by atoms with Gasteiger partial charge < -0.3 is 5.32 Å². The molecule has 0 unspecified atom stereocenters. The first-order valence-corrected chi connectivity index (χ1v) is 4.84. The van der Waals surface area contributed by atoms with Gasteiger partial charge in [-0.05, 0) is 18.5 Å². The molecule has 2 aromatic rings. The van der Waals surface area contributed by atoms with Crippen LogP contribution in [0.1, 0.15) is 10.5 Å².